The van der Waals surface area contributed by atoms with Crippen LogP contribution >= 0.6 is 0 Å². The van der Waals surface area contributed by atoms with Crippen LogP contribution in [0, 0.1) is 0 Å². The Hall–Kier alpha value is -2.95. The van der Waals surface area contributed by atoms with Gasteiger partial charge in [-0.15, -0.1) is 0 Å². The van der Waals surface area contributed by atoms with Crippen LogP contribution in [0.5, 0.6) is 17.2 Å². The van der Waals surface area contributed by atoms with E-state index in [4.69, 9.17) is 18.6 Å². The third-order valence-electron chi connectivity index (χ3n) is 4.25. The first-order valence-corrected chi connectivity index (χ1v) is 7.99. The van der Waals surface area contributed by atoms with Gasteiger partial charge in [0.1, 0.15) is 22.8 Å². The number of hydrogen-bond acceptors (Lipinski definition) is 5. The predicted molar refractivity (Wildman–Crippen MR) is 97.0 cm³/mol. The lowest BCUT2D eigenvalue weighted by molar-refractivity contribution is 0.395. The van der Waals surface area contributed by atoms with Crippen LogP contribution in [0.15, 0.2) is 45.6 Å². The summed E-state index contributed by atoms with van der Waals surface area (Å²) in [6.45, 7) is 2.01. The molecule has 0 unspecified atom stereocenters. The molecule has 2 aromatic carbocycles. The summed E-state index contributed by atoms with van der Waals surface area (Å²) in [5.41, 5.74) is 2.22. The van der Waals surface area contributed by atoms with Gasteiger partial charge in [0, 0.05) is 23.1 Å². The van der Waals surface area contributed by atoms with Gasteiger partial charge in [0.25, 0.3) is 0 Å². The van der Waals surface area contributed by atoms with Gasteiger partial charge in [0.2, 0.25) is 0 Å². The lowest BCUT2D eigenvalue weighted by Crippen LogP contribution is -2.08. The molecule has 0 aliphatic rings. The molecule has 5 heteroatoms. The van der Waals surface area contributed by atoms with E-state index in [1.165, 1.54) is 0 Å². The molecule has 0 bridgehead atoms. The average Bonchev–Trinajstić information content (AvgIpc) is 2.65. The highest BCUT2D eigenvalue weighted by atomic mass is 16.5. The summed E-state index contributed by atoms with van der Waals surface area (Å²) >= 11 is 0. The second-order valence-electron chi connectivity index (χ2n) is 5.52. The van der Waals surface area contributed by atoms with Crippen LogP contribution in [0.1, 0.15) is 12.5 Å². The van der Waals surface area contributed by atoms with Crippen molar-refractivity contribution in [3.8, 4) is 28.4 Å². The number of benzene rings is 2. The molecule has 0 N–H and O–H groups in total. The molecular weight excluding hydrogens is 320 g/mol. The Morgan fingerprint density at radius 3 is 2.24 bits per heavy atom. The Morgan fingerprint density at radius 1 is 0.920 bits per heavy atom. The van der Waals surface area contributed by atoms with Gasteiger partial charge in [-0.25, -0.2) is 4.79 Å². The minimum absolute atomic E-state index is 0.402. The van der Waals surface area contributed by atoms with Crippen LogP contribution in [0.3, 0.4) is 0 Å². The van der Waals surface area contributed by atoms with Gasteiger partial charge in [-0.05, 0) is 36.2 Å². The minimum Gasteiger partial charge on any atom is -0.497 e. The van der Waals surface area contributed by atoms with Gasteiger partial charge in [-0.2, -0.15) is 0 Å². The molecule has 0 aliphatic heterocycles. The molecule has 0 radical (unpaired) electrons. The molecule has 1 heterocycles. The van der Waals surface area contributed by atoms with Crippen molar-refractivity contribution in [2.45, 2.75) is 13.3 Å². The third kappa shape index (κ3) is 2.93. The van der Waals surface area contributed by atoms with Crippen LogP contribution in [-0.2, 0) is 6.42 Å². The van der Waals surface area contributed by atoms with Gasteiger partial charge < -0.3 is 18.6 Å². The Labute approximate surface area is 145 Å². The Balaban J connectivity index is 2.33. The fraction of sp³-hybridized carbons (Fsp3) is 0.250. The summed E-state index contributed by atoms with van der Waals surface area (Å²) in [6, 6.07) is 10.9. The average molecular weight is 340 g/mol. The van der Waals surface area contributed by atoms with Gasteiger partial charge in [-0.3, -0.25) is 0 Å². The van der Waals surface area contributed by atoms with Crippen LogP contribution in [0.2, 0.25) is 0 Å². The molecule has 0 atom stereocenters. The minimum atomic E-state index is -0.402. The highest BCUT2D eigenvalue weighted by Crippen LogP contribution is 2.36. The fourth-order valence-electron chi connectivity index (χ4n) is 3.02. The second-order valence-corrected chi connectivity index (χ2v) is 5.52. The lowest BCUT2D eigenvalue weighted by Gasteiger charge is -2.14. The molecular formula is C20H20O5. The van der Waals surface area contributed by atoms with Gasteiger partial charge in [-0.1, -0.05) is 6.92 Å². The number of methoxy groups -OCH3 is 3. The topological polar surface area (TPSA) is 57.9 Å². The third-order valence-corrected chi connectivity index (χ3v) is 4.25. The molecule has 0 spiro atoms. The molecule has 0 aliphatic carbocycles. The summed E-state index contributed by atoms with van der Waals surface area (Å²) in [7, 11) is 4.73. The molecule has 0 saturated heterocycles. The summed E-state index contributed by atoms with van der Waals surface area (Å²) in [6.07, 6.45) is 0.680. The van der Waals surface area contributed by atoms with Gasteiger partial charge in [0.15, 0.2) is 0 Å². The number of hydrogen-bond donors (Lipinski definition) is 0. The van der Waals surface area contributed by atoms with Gasteiger partial charge in [0.05, 0.1) is 26.9 Å². The quantitative estimate of drug-likeness (QED) is 0.656. The summed E-state index contributed by atoms with van der Waals surface area (Å²) in [5, 5.41) is 0.885. The number of ether oxygens (including phenoxy) is 3. The maximum Gasteiger partial charge on any atom is 0.344 e. The molecule has 0 amide bonds. The highest BCUT2D eigenvalue weighted by Gasteiger charge is 2.19. The fourth-order valence-corrected chi connectivity index (χ4v) is 3.02. The molecule has 130 valence electrons. The zero-order valence-electron chi connectivity index (χ0n) is 14.7. The van der Waals surface area contributed by atoms with E-state index < -0.39 is 5.63 Å². The first kappa shape index (κ1) is 16.9. The van der Waals surface area contributed by atoms with E-state index in [0.717, 1.165) is 10.9 Å². The first-order valence-electron chi connectivity index (χ1n) is 7.99. The molecule has 0 saturated carbocycles. The molecule has 25 heavy (non-hydrogen) atoms. The van der Waals surface area contributed by atoms with E-state index in [-0.39, 0.29) is 0 Å². The highest BCUT2D eigenvalue weighted by molar-refractivity contribution is 5.89. The van der Waals surface area contributed by atoms with Crippen molar-refractivity contribution in [2.24, 2.45) is 0 Å². The Bertz CT molecular complexity index is 972. The zero-order valence-corrected chi connectivity index (χ0v) is 14.7. The van der Waals surface area contributed by atoms with E-state index in [0.29, 0.717) is 40.4 Å². The maximum atomic E-state index is 12.7. The molecule has 5 nitrogen and oxygen atoms in total. The van der Waals surface area contributed by atoms with Crippen LogP contribution in [0.4, 0.5) is 0 Å². The lowest BCUT2D eigenvalue weighted by atomic mass is 9.96. The van der Waals surface area contributed by atoms with E-state index in [9.17, 15) is 4.79 Å². The number of aryl methyl sites for hydroxylation is 1. The SMILES string of the molecule is CCc1c(-c2ccc(OC)cc2OC)c(=O)oc2cc(OC)ccc12. The molecule has 3 aromatic rings. The van der Waals surface area contributed by atoms with Crippen molar-refractivity contribution in [3.63, 3.8) is 0 Å². The monoisotopic (exact) mass is 340 g/mol. The molecule has 0 fully saturated rings. The predicted octanol–water partition coefficient (Wildman–Crippen LogP) is 4.05. The maximum absolute atomic E-state index is 12.7. The zero-order chi connectivity index (χ0) is 18.0. The standard InChI is InChI=1S/C20H20O5/c1-5-14-15-8-6-13(23-3)11-18(15)25-20(21)19(14)16-9-7-12(22-2)10-17(16)24-4/h6-11H,5H2,1-4H3. The summed E-state index contributed by atoms with van der Waals surface area (Å²) < 4.78 is 21.5. The second kappa shape index (κ2) is 6.89. The largest absolute Gasteiger partial charge is 0.497 e. The first-order chi connectivity index (χ1) is 12.1. The van der Waals surface area contributed by atoms with Crippen LogP contribution in [-0.4, -0.2) is 21.3 Å². The van der Waals surface area contributed by atoms with Crippen LogP contribution < -0.4 is 19.8 Å². The Morgan fingerprint density at radius 2 is 1.60 bits per heavy atom. The van der Waals surface area contributed by atoms with E-state index >= 15 is 0 Å². The smallest absolute Gasteiger partial charge is 0.344 e. The number of rotatable bonds is 5. The summed E-state index contributed by atoms with van der Waals surface area (Å²) in [4.78, 5) is 12.7. The van der Waals surface area contributed by atoms with Crippen molar-refractivity contribution >= 4 is 11.0 Å². The van der Waals surface area contributed by atoms with Crippen molar-refractivity contribution in [2.75, 3.05) is 21.3 Å². The van der Waals surface area contributed by atoms with Crippen molar-refractivity contribution < 1.29 is 18.6 Å². The summed E-state index contributed by atoms with van der Waals surface area (Å²) in [5.74, 6) is 1.87. The van der Waals surface area contributed by atoms with Gasteiger partial charge >= 0.3 is 5.63 Å². The van der Waals surface area contributed by atoms with Crippen molar-refractivity contribution in [3.05, 3.63) is 52.4 Å². The number of fused-ring (bicyclic) bond motifs is 1. The molecule has 3 rings (SSSR count). The van der Waals surface area contributed by atoms with E-state index in [2.05, 4.69) is 0 Å². The van der Waals surface area contributed by atoms with E-state index in [1.807, 2.05) is 25.1 Å². The normalized spacial score (nSPS) is 10.7. The van der Waals surface area contributed by atoms with Crippen LogP contribution in [0.25, 0.3) is 22.1 Å². The van der Waals surface area contributed by atoms with E-state index in [1.54, 1.807) is 39.5 Å². The van der Waals surface area contributed by atoms with Crippen molar-refractivity contribution in [1.82, 2.24) is 0 Å². The van der Waals surface area contributed by atoms with Crippen molar-refractivity contribution in [1.29, 1.82) is 0 Å². The molecule has 1 aromatic heterocycles. The Kier molecular flexibility index (Phi) is 4.65.